The van der Waals surface area contributed by atoms with Crippen LogP contribution >= 0.6 is 0 Å². The van der Waals surface area contributed by atoms with Crippen molar-refractivity contribution in [3.05, 3.63) is 44.4 Å². The summed E-state index contributed by atoms with van der Waals surface area (Å²) in [6.45, 7) is 5.75. The Hall–Kier alpha value is -2.57. The number of imidazole rings is 1. The van der Waals surface area contributed by atoms with Gasteiger partial charge in [-0.15, -0.1) is 0 Å². The summed E-state index contributed by atoms with van der Waals surface area (Å²) < 4.78 is 9.76. The molecule has 0 radical (unpaired) electrons. The first-order chi connectivity index (χ1) is 9.97. The van der Waals surface area contributed by atoms with E-state index in [0.717, 1.165) is 5.69 Å². The predicted octanol–water partition coefficient (Wildman–Crippen LogP) is 1.13. The largest absolute Gasteiger partial charge is 0.428 e. The van der Waals surface area contributed by atoms with Crippen LogP contribution in [-0.2, 0) is 13.6 Å². The Balaban J connectivity index is 2.55. The molecule has 0 aliphatic rings. The molecule has 0 bridgehead atoms. The van der Waals surface area contributed by atoms with Crippen molar-refractivity contribution >= 4 is 17.0 Å². The van der Waals surface area contributed by atoms with Gasteiger partial charge < -0.3 is 4.42 Å². The number of aromatic nitrogens is 4. The highest BCUT2D eigenvalue weighted by molar-refractivity contribution is 5.75. The summed E-state index contributed by atoms with van der Waals surface area (Å²) in [4.78, 5) is 29.2. The van der Waals surface area contributed by atoms with Crippen molar-refractivity contribution in [1.29, 1.82) is 0 Å². The van der Waals surface area contributed by atoms with Gasteiger partial charge in [-0.3, -0.25) is 18.3 Å². The normalized spacial score (nSPS) is 12.2. The van der Waals surface area contributed by atoms with Crippen LogP contribution in [0.1, 0.15) is 18.4 Å². The molecule has 0 aliphatic heterocycles. The Kier molecular flexibility index (Phi) is 2.86. The van der Waals surface area contributed by atoms with Crippen LogP contribution in [0.15, 0.2) is 26.2 Å². The zero-order valence-corrected chi connectivity index (χ0v) is 12.4. The van der Waals surface area contributed by atoms with Gasteiger partial charge in [0.05, 0.1) is 5.69 Å². The molecule has 0 aliphatic carbocycles. The third-order valence-electron chi connectivity index (χ3n) is 3.72. The summed E-state index contributed by atoms with van der Waals surface area (Å²) in [6, 6.07) is 0. The number of oxazole rings is 1. The minimum Gasteiger partial charge on any atom is -0.428 e. The van der Waals surface area contributed by atoms with Crippen molar-refractivity contribution in [2.24, 2.45) is 7.05 Å². The Morgan fingerprint density at radius 3 is 2.67 bits per heavy atom. The topological polar surface area (TPSA) is 74.4 Å². The molecule has 3 aromatic heterocycles. The number of allylic oxidation sites excluding steroid dienone is 2. The van der Waals surface area contributed by atoms with Crippen LogP contribution in [0.3, 0.4) is 0 Å². The first-order valence-corrected chi connectivity index (χ1v) is 6.66. The molecule has 0 saturated heterocycles. The van der Waals surface area contributed by atoms with E-state index >= 15 is 0 Å². The number of hydrogen-bond donors (Lipinski definition) is 0. The van der Waals surface area contributed by atoms with E-state index in [0.29, 0.717) is 22.8 Å². The summed E-state index contributed by atoms with van der Waals surface area (Å²) in [5.74, 6) is 1.03. The molecule has 21 heavy (non-hydrogen) atoms. The van der Waals surface area contributed by atoms with Gasteiger partial charge in [0.25, 0.3) is 5.56 Å². The predicted molar refractivity (Wildman–Crippen MR) is 78.8 cm³/mol. The average molecular weight is 288 g/mol. The molecular weight excluding hydrogens is 272 g/mol. The second-order valence-electron chi connectivity index (χ2n) is 4.97. The van der Waals surface area contributed by atoms with E-state index in [4.69, 9.17) is 4.42 Å². The minimum atomic E-state index is -0.388. The summed E-state index contributed by atoms with van der Waals surface area (Å²) >= 11 is 0. The molecule has 0 amide bonds. The SMILES string of the molecule is C/C=C\Cn1c(=O)c2c(nc3oc(C)c(C)n32)n(C)c1=O. The van der Waals surface area contributed by atoms with Gasteiger partial charge in [0, 0.05) is 13.6 Å². The van der Waals surface area contributed by atoms with Crippen molar-refractivity contribution in [2.45, 2.75) is 27.3 Å². The molecule has 7 heteroatoms. The average Bonchev–Trinajstić information content (AvgIpc) is 2.95. The van der Waals surface area contributed by atoms with Crippen LogP contribution in [0.2, 0.25) is 0 Å². The van der Waals surface area contributed by atoms with E-state index in [9.17, 15) is 9.59 Å². The van der Waals surface area contributed by atoms with Gasteiger partial charge >= 0.3 is 11.5 Å². The van der Waals surface area contributed by atoms with Gasteiger partial charge in [0.2, 0.25) is 0 Å². The summed E-state index contributed by atoms with van der Waals surface area (Å²) in [5.41, 5.74) is 0.763. The second-order valence-corrected chi connectivity index (χ2v) is 4.97. The number of hydrogen-bond acceptors (Lipinski definition) is 4. The monoisotopic (exact) mass is 288 g/mol. The Morgan fingerprint density at radius 2 is 2.00 bits per heavy atom. The Morgan fingerprint density at radius 1 is 1.29 bits per heavy atom. The molecule has 0 atom stereocenters. The lowest BCUT2D eigenvalue weighted by Gasteiger charge is -2.05. The van der Waals surface area contributed by atoms with Crippen molar-refractivity contribution in [2.75, 3.05) is 0 Å². The van der Waals surface area contributed by atoms with Gasteiger partial charge in [-0.25, -0.2) is 4.79 Å². The lowest BCUT2D eigenvalue weighted by molar-refractivity contribution is 0.561. The van der Waals surface area contributed by atoms with E-state index in [2.05, 4.69) is 4.98 Å². The number of aryl methyl sites for hydroxylation is 3. The van der Waals surface area contributed by atoms with Crippen LogP contribution in [-0.4, -0.2) is 18.5 Å². The highest BCUT2D eigenvalue weighted by Gasteiger charge is 2.20. The van der Waals surface area contributed by atoms with Crippen molar-refractivity contribution in [1.82, 2.24) is 18.5 Å². The molecule has 0 N–H and O–H groups in total. The third kappa shape index (κ3) is 1.70. The zero-order chi connectivity index (χ0) is 15.3. The van der Waals surface area contributed by atoms with Crippen LogP contribution in [0.4, 0.5) is 0 Å². The van der Waals surface area contributed by atoms with E-state index in [1.807, 2.05) is 20.8 Å². The quantitative estimate of drug-likeness (QED) is 0.663. The maximum atomic E-state index is 12.7. The van der Waals surface area contributed by atoms with Crippen LogP contribution < -0.4 is 11.2 Å². The second kappa shape index (κ2) is 4.47. The number of nitrogens with zero attached hydrogens (tertiary/aromatic N) is 4. The zero-order valence-electron chi connectivity index (χ0n) is 12.4. The molecular formula is C14H16N4O3. The van der Waals surface area contributed by atoms with Crippen LogP contribution in [0, 0.1) is 13.8 Å². The lowest BCUT2D eigenvalue weighted by Crippen LogP contribution is -2.39. The summed E-state index contributed by atoms with van der Waals surface area (Å²) in [5, 5.41) is 0. The molecule has 7 nitrogen and oxygen atoms in total. The maximum Gasteiger partial charge on any atom is 0.332 e. The Labute approximate surface area is 119 Å². The van der Waals surface area contributed by atoms with E-state index < -0.39 is 0 Å². The van der Waals surface area contributed by atoms with Crippen LogP contribution in [0.25, 0.3) is 17.0 Å². The third-order valence-corrected chi connectivity index (χ3v) is 3.72. The fourth-order valence-electron chi connectivity index (χ4n) is 2.42. The highest BCUT2D eigenvalue weighted by Crippen LogP contribution is 2.19. The highest BCUT2D eigenvalue weighted by atomic mass is 16.4. The van der Waals surface area contributed by atoms with Gasteiger partial charge in [-0.05, 0) is 20.8 Å². The molecule has 3 heterocycles. The smallest absolute Gasteiger partial charge is 0.332 e. The molecule has 0 unspecified atom stereocenters. The molecule has 3 rings (SSSR count). The molecule has 0 aromatic carbocycles. The minimum absolute atomic E-state index is 0.237. The van der Waals surface area contributed by atoms with Gasteiger partial charge in [-0.2, -0.15) is 4.98 Å². The van der Waals surface area contributed by atoms with Crippen LogP contribution in [0.5, 0.6) is 0 Å². The standard InChI is InChI=1S/C14H16N4O3/c1-5-6-7-17-12(19)10-11(16(4)14(17)20)15-13-18(10)8(2)9(3)21-13/h5-6H,7H2,1-4H3/b6-5-. The van der Waals surface area contributed by atoms with Crippen molar-refractivity contribution < 1.29 is 4.42 Å². The summed E-state index contributed by atoms with van der Waals surface area (Å²) in [6.07, 6.45) is 3.57. The van der Waals surface area contributed by atoms with E-state index in [1.165, 1.54) is 9.13 Å². The van der Waals surface area contributed by atoms with Crippen molar-refractivity contribution in [3.63, 3.8) is 0 Å². The Bertz CT molecular complexity index is 997. The fourth-order valence-corrected chi connectivity index (χ4v) is 2.42. The molecule has 110 valence electrons. The summed E-state index contributed by atoms with van der Waals surface area (Å²) in [7, 11) is 1.60. The first-order valence-electron chi connectivity index (χ1n) is 6.66. The molecule has 0 fully saturated rings. The lowest BCUT2D eigenvalue weighted by atomic mass is 10.4. The van der Waals surface area contributed by atoms with Gasteiger partial charge in [0.1, 0.15) is 5.76 Å². The maximum absolute atomic E-state index is 12.7. The van der Waals surface area contributed by atoms with Crippen molar-refractivity contribution in [3.8, 4) is 0 Å². The van der Waals surface area contributed by atoms with E-state index in [-0.39, 0.29) is 17.8 Å². The fraction of sp³-hybridized carbons (Fsp3) is 0.357. The number of fused-ring (bicyclic) bond motifs is 3. The van der Waals surface area contributed by atoms with Gasteiger partial charge in [0.15, 0.2) is 11.2 Å². The van der Waals surface area contributed by atoms with Gasteiger partial charge in [-0.1, -0.05) is 12.2 Å². The molecule has 0 saturated carbocycles. The first kappa shape index (κ1) is 13.4. The molecule has 0 spiro atoms. The molecule has 3 aromatic rings. The van der Waals surface area contributed by atoms with E-state index in [1.54, 1.807) is 23.6 Å². The number of rotatable bonds is 2.